The molecule has 1 heterocycles. The molecular weight excluding hydrogens is 270 g/mol. The fourth-order valence-corrected chi connectivity index (χ4v) is 3.36. The van der Waals surface area contributed by atoms with Crippen molar-refractivity contribution >= 4 is 16.1 Å². The number of carbonyl (C=O) groups excluding carboxylic acids is 1. The zero-order chi connectivity index (χ0) is 14.0. The van der Waals surface area contributed by atoms with Crippen LogP contribution >= 0.6 is 0 Å². The number of benzene rings is 1. The molecule has 1 aromatic rings. The van der Waals surface area contributed by atoms with E-state index in [-0.39, 0.29) is 17.2 Å². The molecule has 1 aliphatic heterocycles. The number of carbonyl (C=O) groups is 1. The van der Waals surface area contributed by atoms with Crippen molar-refractivity contribution in [2.75, 3.05) is 13.7 Å². The second-order valence-electron chi connectivity index (χ2n) is 4.10. The maximum atomic E-state index is 12.4. The molecule has 0 N–H and O–H groups in total. The van der Waals surface area contributed by atoms with E-state index >= 15 is 0 Å². The summed E-state index contributed by atoms with van der Waals surface area (Å²) < 4.78 is 35.8. The van der Waals surface area contributed by atoms with E-state index in [0.29, 0.717) is 10.7 Å². The number of nitrogens with zero attached hydrogens (tertiary/aromatic N) is 1. The molecule has 0 aromatic heterocycles. The zero-order valence-electron chi connectivity index (χ0n) is 10.7. The van der Waals surface area contributed by atoms with E-state index in [9.17, 15) is 13.2 Å². The Morgan fingerprint density at radius 1 is 1.47 bits per heavy atom. The minimum absolute atomic E-state index is 0.0173. The molecule has 104 valence electrons. The summed E-state index contributed by atoms with van der Waals surface area (Å²) >= 11 is 0. The monoisotopic (exact) mass is 285 g/mol. The second kappa shape index (κ2) is 5.08. The third-order valence-electron chi connectivity index (χ3n) is 2.91. The molecular formula is C12H15NO5S. The standard InChI is InChI=1S/C12H15NO5S/c1-3-9-8-13(12(14)17-2)19(15,16)11-7-5-4-6-10(11)18-9/h4-7,9H,3,8H2,1-2H3/t9-/m1/s1. The van der Waals surface area contributed by atoms with Crippen LogP contribution in [0, 0.1) is 0 Å². The van der Waals surface area contributed by atoms with Gasteiger partial charge in [-0.05, 0) is 18.6 Å². The topological polar surface area (TPSA) is 72.9 Å². The first-order valence-corrected chi connectivity index (χ1v) is 7.31. The van der Waals surface area contributed by atoms with Gasteiger partial charge in [0.15, 0.2) is 0 Å². The van der Waals surface area contributed by atoms with Crippen LogP contribution < -0.4 is 4.74 Å². The molecule has 1 aromatic carbocycles. The Labute approximate surface area is 112 Å². The SMILES string of the molecule is CC[C@@H]1CN(C(=O)OC)S(=O)(=O)c2ccccc2O1. The minimum atomic E-state index is -3.94. The lowest BCUT2D eigenvalue weighted by Crippen LogP contribution is -2.41. The third kappa shape index (κ3) is 2.37. The van der Waals surface area contributed by atoms with Crippen LogP contribution in [0.1, 0.15) is 13.3 Å². The van der Waals surface area contributed by atoms with Gasteiger partial charge in [0.05, 0.1) is 13.7 Å². The highest BCUT2D eigenvalue weighted by Crippen LogP contribution is 2.31. The number of rotatable bonds is 1. The zero-order valence-corrected chi connectivity index (χ0v) is 11.5. The first-order valence-electron chi connectivity index (χ1n) is 5.87. The normalized spacial score (nSPS) is 20.9. The molecule has 0 aliphatic carbocycles. The summed E-state index contributed by atoms with van der Waals surface area (Å²) in [5.74, 6) is 0.265. The van der Waals surface area contributed by atoms with Crippen molar-refractivity contribution in [3.8, 4) is 5.75 Å². The van der Waals surface area contributed by atoms with Gasteiger partial charge in [0, 0.05) is 0 Å². The molecule has 0 spiro atoms. The van der Waals surface area contributed by atoms with Crippen LogP contribution in [-0.4, -0.2) is 38.6 Å². The maximum Gasteiger partial charge on any atom is 0.423 e. The van der Waals surface area contributed by atoms with Crippen molar-refractivity contribution < 1.29 is 22.7 Å². The lowest BCUT2D eigenvalue weighted by molar-refractivity contribution is 0.127. The number of fused-ring (bicyclic) bond motifs is 1. The van der Waals surface area contributed by atoms with Crippen molar-refractivity contribution in [1.29, 1.82) is 0 Å². The molecule has 0 bridgehead atoms. The Bertz CT molecular complexity index is 584. The molecule has 0 unspecified atom stereocenters. The minimum Gasteiger partial charge on any atom is -0.487 e. The number of methoxy groups -OCH3 is 1. The number of amides is 1. The average molecular weight is 285 g/mol. The van der Waals surface area contributed by atoms with E-state index in [1.165, 1.54) is 6.07 Å². The van der Waals surface area contributed by atoms with Crippen molar-refractivity contribution in [3.05, 3.63) is 24.3 Å². The number of para-hydroxylation sites is 1. The van der Waals surface area contributed by atoms with Crippen molar-refractivity contribution in [3.63, 3.8) is 0 Å². The van der Waals surface area contributed by atoms with E-state index in [1.807, 2.05) is 6.92 Å². The molecule has 0 fully saturated rings. The van der Waals surface area contributed by atoms with Crippen LogP contribution in [0.15, 0.2) is 29.2 Å². The Morgan fingerprint density at radius 2 is 2.16 bits per heavy atom. The lowest BCUT2D eigenvalue weighted by atomic mass is 10.2. The van der Waals surface area contributed by atoms with Gasteiger partial charge in [-0.1, -0.05) is 19.1 Å². The summed E-state index contributed by atoms with van der Waals surface area (Å²) in [6.45, 7) is 1.81. The van der Waals surface area contributed by atoms with Crippen LogP contribution in [0.3, 0.4) is 0 Å². The Hall–Kier alpha value is -1.76. The molecule has 19 heavy (non-hydrogen) atoms. The van der Waals surface area contributed by atoms with Crippen LogP contribution in [0.4, 0.5) is 4.79 Å². The molecule has 7 heteroatoms. The smallest absolute Gasteiger partial charge is 0.423 e. The molecule has 6 nitrogen and oxygen atoms in total. The van der Waals surface area contributed by atoms with E-state index in [2.05, 4.69) is 4.74 Å². The average Bonchev–Trinajstić information content (AvgIpc) is 2.53. The highest BCUT2D eigenvalue weighted by atomic mass is 32.2. The predicted molar refractivity (Wildman–Crippen MR) is 67.4 cm³/mol. The van der Waals surface area contributed by atoms with Gasteiger partial charge in [-0.2, -0.15) is 4.31 Å². The summed E-state index contributed by atoms with van der Waals surface area (Å²) in [4.78, 5) is 11.7. The molecule has 1 amide bonds. The first-order chi connectivity index (χ1) is 9.00. The van der Waals surface area contributed by atoms with E-state index in [1.54, 1.807) is 18.2 Å². The summed E-state index contributed by atoms with van der Waals surface area (Å²) in [6.07, 6.45) is -0.714. The van der Waals surface area contributed by atoms with E-state index in [0.717, 1.165) is 7.11 Å². The highest BCUT2D eigenvalue weighted by Gasteiger charge is 2.37. The van der Waals surface area contributed by atoms with Crippen molar-refractivity contribution in [2.24, 2.45) is 0 Å². The Kier molecular flexibility index (Phi) is 3.66. The van der Waals surface area contributed by atoms with Gasteiger partial charge < -0.3 is 9.47 Å². The summed E-state index contributed by atoms with van der Waals surface area (Å²) in [5.41, 5.74) is 0. The van der Waals surface area contributed by atoms with E-state index < -0.39 is 22.2 Å². The maximum absolute atomic E-state index is 12.4. The van der Waals surface area contributed by atoms with Crippen molar-refractivity contribution in [2.45, 2.75) is 24.3 Å². The molecule has 0 saturated heterocycles. The largest absolute Gasteiger partial charge is 0.487 e. The lowest BCUT2D eigenvalue weighted by Gasteiger charge is -2.20. The fourth-order valence-electron chi connectivity index (χ4n) is 1.87. The van der Waals surface area contributed by atoms with Gasteiger partial charge in [-0.25, -0.2) is 13.2 Å². The van der Waals surface area contributed by atoms with E-state index in [4.69, 9.17) is 4.74 Å². The molecule has 0 radical (unpaired) electrons. The molecule has 0 saturated carbocycles. The van der Waals surface area contributed by atoms with Gasteiger partial charge in [-0.15, -0.1) is 0 Å². The summed E-state index contributed by atoms with van der Waals surface area (Å²) in [5, 5.41) is 0. The summed E-state index contributed by atoms with van der Waals surface area (Å²) in [7, 11) is -2.79. The van der Waals surface area contributed by atoms with Crippen molar-refractivity contribution in [1.82, 2.24) is 4.31 Å². The van der Waals surface area contributed by atoms with Gasteiger partial charge in [-0.3, -0.25) is 0 Å². The molecule has 1 aliphatic rings. The second-order valence-corrected chi connectivity index (χ2v) is 5.93. The Morgan fingerprint density at radius 3 is 2.79 bits per heavy atom. The number of sulfonamides is 1. The third-order valence-corrected chi connectivity index (χ3v) is 4.69. The quantitative estimate of drug-likeness (QED) is 0.784. The van der Waals surface area contributed by atoms with Gasteiger partial charge >= 0.3 is 6.09 Å². The predicted octanol–water partition coefficient (Wildman–Crippen LogP) is 1.61. The van der Waals surface area contributed by atoms with Gasteiger partial charge in [0.25, 0.3) is 10.0 Å². The first kappa shape index (κ1) is 13.7. The Balaban J connectivity index is 2.57. The van der Waals surface area contributed by atoms with Gasteiger partial charge in [0.1, 0.15) is 16.7 Å². The molecule has 2 rings (SSSR count). The number of hydrogen-bond acceptors (Lipinski definition) is 5. The number of hydrogen-bond donors (Lipinski definition) is 0. The van der Waals surface area contributed by atoms with Crippen LogP contribution in [0.5, 0.6) is 5.75 Å². The van der Waals surface area contributed by atoms with Crippen LogP contribution in [-0.2, 0) is 14.8 Å². The van der Waals surface area contributed by atoms with Gasteiger partial charge in [0.2, 0.25) is 0 Å². The molecule has 1 atom stereocenters. The summed E-state index contributed by atoms with van der Waals surface area (Å²) in [6, 6.07) is 6.27. The fraction of sp³-hybridized carbons (Fsp3) is 0.417. The van der Waals surface area contributed by atoms with Crippen LogP contribution in [0.2, 0.25) is 0 Å². The van der Waals surface area contributed by atoms with Crippen LogP contribution in [0.25, 0.3) is 0 Å². The number of ether oxygens (including phenoxy) is 2. The highest BCUT2D eigenvalue weighted by molar-refractivity contribution is 7.89.